The van der Waals surface area contributed by atoms with Gasteiger partial charge in [0.1, 0.15) is 5.75 Å². The number of para-hydroxylation sites is 2. The average molecular weight is 279 g/mol. The molecule has 20 heavy (non-hydrogen) atoms. The van der Waals surface area contributed by atoms with Crippen molar-refractivity contribution in [3.8, 4) is 5.75 Å². The molecule has 0 radical (unpaired) electrons. The number of nitrogen functional groups attached to an aromatic ring is 1. The number of hydrogen-bond donors (Lipinski definition) is 1. The smallest absolute Gasteiger partial charge is 0.142 e. The summed E-state index contributed by atoms with van der Waals surface area (Å²) >= 11 is 0. The monoisotopic (exact) mass is 279 g/mol. The second-order valence-corrected chi connectivity index (χ2v) is 5.48. The molecule has 0 spiro atoms. The van der Waals surface area contributed by atoms with E-state index < -0.39 is 0 Å². The minimum Gasteiger partial charge on any atom is -0.491 e. The number of hydrogen-bond acceptors (Lipinski definition) is 4. The van der Waals surface area contributed by atoms with Crippen LogP contribution in [0, 0.1) is 0 Å². The number of benzene rings is 1. The van der Waals surface area contributed by atoms with Gasteiger partial charge in [0.05, 0.1) is 12.3 Å². The van der Waals surface area contributed by atoms with Crippen LogP contribution in [0.3, 0.4) is 0 Å². The predicted octanol–water partition coefficient (Wildman–Crippen LogP) is 2.31. The van der Waals surface area contributed by atoms with Crippen LogP contribution in [0.2, 0.25) is 0 Å². The minimum absolute atomic E-state index is 0.566. The van der Waals surface area contributed by atoms with Gasteiger partial charge >= 0.3 is 0 Å². The van der Waals surface area contributed by atoms with Crippen molar-refractivity contribution in [2.75, 3.05) is 46.1 Å². The molecule has 1 aromatic carbocycles. The summed E-state index contributed by atoms with van der Waals surface area (Å²) in [6.45, 7) is 8.40. The Morgan fingerprint density at radius 3 is 2.55 bits per heavy atom. The van der Waals surface area contributed by atoms with Gasteiger partial charge < -0.3 is 15.4 Å². The standard InChI is InChI=1S/C16H29N3O/c1-5-19(14(2)13-18(3)4)11-8-12-20-16-10-7-6-9-15(16)17/h6-7,9-10,14H,5,8,11-13,17H2,1-4H3. The fraction of sp³-hybridized carbons (Fsp3) is 0.625. The van der Waals surface area contributed by atoms with Gasteiger partial charge in [-0.1, -0.05) is 19.1 Å². The van der Waals surface area contributed by atoms with Crippen molar-refractivity contribution in [1.82, 2.24) is 9.80 Å². The van der Waals surface area contributed by atoms with E-state index in [0.29, 0.717) is 18.3 Å². The fourth-order valence-corrected chi connectivity index (χ4v) is 2.40. The van der Waals surface area contributed by atoms with Crippen LogP contribution in [0.4, 0.5) is 5.69 Å². The lowest BCUT2D eigenvalue weighted by molar-refractivity contribution is 0.168. The van der Waals surface area contributed by atoms with Crippen LogP contribution in [-0.4, -0.2) is 56.2 Å². The molecule has 1 unspecified atom stereocenters. The molecule has 4 heteroatoms. The van der Waals surface area contributed by atoms with Gasteiger partial charge in [0, 0.05) is 19.1 Å². The molecule has 0 aromatic heterocycles. The van der Waals surface area contributed by atoms with Crippen LogP contribution in [0.1, 0.15) is 20.3 Å². The zero-order chi connectivity index (χ0) is 15.0. The highest BCUT2D eigenvalue weighted by molar-refractivity contribution is 5.51. The maximum absolute atomic E-state index is 5.85. The van der Waals surface area contributed by atoms with Crippen LogP contribution >= 0.6 is 0 Å². The third kappa shape index (κ3) is 5.80. The molecule has 0 aliphatic heterocycles. The molecule has 0 bridgehead atoms. The summed E-state index contributed by atoms with van der Waals surface area (Å²) < 4.78 is 5.73. The number of likely N-dealkylation sites (N-methyl/N-ethyl adjacent to an activating group) is 2. The summed E-state index contributed by atoms with van der Waals surface area (Å²) in [6.07, 6.45) is 1.01. The fourth-order valence-electron chi connectivity index (χ4n) is 2.40. The maximum atomic E-state index is 5.85. The highest BCUT2D eigenvalue weighted by Gasteiger charge is 2.12. The molecule has 0 fully saturated rings. The number of rotatable bonds is 9. The highest BCUT2D eigenvalue weighted by atomic mass is 16.5. The van der Waals surface area contributed by atoms with Crippen molar-refractivity contribution in [2.24, 2.45) is 0 Å². The molecule has 0 heterocycles. The lowest BCUT2D eigenvalue weighted by atomic mass is 10.2. The Labute approximate surface area is 123 Å². The SMILES string of the molecule is CCN(CCCOc1ccccc1N)C(C)CN(C)C. The Morgan fingerprint density at radius 2 is 1.95 bits per heavy atom. The van der Waals surface area contributed by atoms with E-state index in [2.05, 4.69) is 37.7 Å². The van der Waals surface area contributed by atoms with Crippen molar-refractivity contribution in [1.29, 1.82) is 0 Å². The predicted molar refractivity (Wildman–Crippen MR) is 86.2 cm³/mol. The van der Waals surface area contributed by atoms with E-state index in [0.717, 1.165) is 31.8 Å². The second kappa shape index (κ2) is 8.82. The third-order valence-corrected chi connectivity index (χ3v) is 3.43. The Hall–Kier alpha value is -1.26. The van der Waals surface area contributed by atoms with E-state index in [1.807, 2.05) is 24.3 Å². The molecule has 0 saturated carbocycles. The maximum Gasteiger partial charge on any atom is 0.142 e. The summed E-state index contributed by atoms with van der Waals surface area (Å²) in [4.78, 5) is 4.71. The van der Waals surface area contributed by atoms with E-state index in [9.17, 15) is 0 Å². The first kappa shape index (κ1) is 16.8. The molecule has 4 nitrogen and oxygen atoms in total. The Kier molecular flexibility index (Phi) is 7.41. The topological polar surface area (TPSA) is 41.7 Å². The zero-order valence-corrected chi connectivity index (χ0v) is 13.3. The molecular formula is C16H29N3O. The zero-order valence-electron chi connectivity index (χ0n) is 13.3. The molecule has 0 aliphatic rings. The summed E-state index contributed by atoms with van der Waals surface area (Å²) in [6, 6.07) is 8.22. The van der Waals surface area contributed by atoms with Gasteiger partial charge in [0.25, 0.3) is 0 Å². The first-order valence-corrected chi connectivity index (χ1v) is 7.40. The van der Waals surface area contributed by atoms with Gasteiger partial charge in [-0.05, 0) is 46.1 Å². The molecule has 0 amide bonds. The Bertz CT molecular complexity index is 382. The van der Waals surface area contributed by atoms with Gasteiger partial charge in [0.15, 0.2) is 0 Å². The normalized spacial score (nSPS) is 12.9. The Balaban J connectivity index is 2.30. The van der Waals surface area contributed by atoms with E-state index in [4.69, 9.17) is 10.5 Å². The first-order valence-electron chi connectivity index (χ1n) is 7.40. The average Bonchev–Trinajstić information content (AvgIpc) is 2.39. The van der Waals surface area contributed by atoms with Crippen LogP contribution in [0.15, 0.2) is 24.3 Å². The first-order chi connectivity index (χ1) is 9.54. The van der Waals surface area contributed by atoms with Crippen LogP contribution in [0.5, 0.6) is 5.75 Å². The van der Waals surface area contributed by atoms with E-state index in [1.165, 1.54) is 0 Å². The number of anilines is 1. The third-order valence-electron chi connectivity index (χ3n) is 3.43. The van der Waals surface area contributed by atoms with Gasteiger partial charge in [-0.3, -0.25) is 4.90 Å². The van der Waals surface area contributed by atoms with Gasteiger partial charge in [0.2, 0.25) is 0 Å². The molecule has 1 aromatic rings. The van der Waals surface area contributed by atoms with E-state index in [-0.39, 0.29) is 0 Å². The summed E-state index contributed by atoms with van der Waals surface area (Å²) in [5.41, 5.74) is 6.56. The molecule has 0 saturated heterocycles. The molecule has 1 atom stereocenters. The van der Waals surface area contributed by atoms with Crippen molar-refractivity contribution in [2.45, 2.75) is 26.3 Å². The highest BCUT2D eigenvalue weighted by Crippen LogP contribution is 2.19. The van der Waals surface area contributed by atoms with Crippen molar-refractivity contribution >= 4 is 5.69 Å². The lowest BCUT2D eigenvalue weighted by Crippen LogP contribution is -2.40. The van der Waals surface area contributed by atoms with Gasteiger partial charge in [-0.2, -0.15) is 0 Å². The molecule has 0 aliphatic carbocycles. The molecule has 2 N–H and O–H groups in total. The van der Waals surface area contributed by atoms with Gasteiger partial charge in [-0.15, -0.1) is 0 Å². The molecule has 114 valence electrons. The number of nitrogens with two attached hydrogens (primary N) is 1. The van der Waals surface area contributed by atoms with E-state index in [1.54, 1.807) is 0 Å². The van der Waals surface area contributed by atoms with Gasteiger partial charge in [-0.25, -0.2) is 0 Å². The van der Waals surface area contributed by atoms with Crippen LogP contribution in [0.25, 0.3) is 0 Å². The van der Waals surface area contributed by atoms with Crippen molar-refractivity contribution in [3.63, 3.8) is 0 Å². The van der Waals surface area contributed by atoms with E-state index >= 15 is 0 Å². The van der Waals surface area contributed by atoms with Crippen molar-refractivity contribution < 1.29 is 4.74 Å². The van der Waals surface area contributed by atoms with Crippen LogP contribution in [-0.2, 0) is 0 Å². The summed E-state index contributed by atoms with van der Waals surface area (Å²) in [5, 5.41) is 0. The summed E-state index contributed by atoms with van der Waals surface area (Å²) in [5.74, 6) is 0.789. The molecule has 1 rings (SSSR count). The minimum atomic E-state index is 0.566. The summed E-state index contributed by atoms with van der Waals surface area (Å²) in [7, 11) is 4.23. The number of ether oxygens (including phenoxy) is 1. The number of nitrogens with zero attached hydrogens (tertiary/aromatic N) is 2. The quantitative estimate of drug-likeness (QED) is 0.556. The second-order valence-electron chi connectivity index (χ2n) is 5.48. The van der Waals surface area contributed by atoms with Crippen LogP contribution < -0.4 is 10.5 Å². The molecular weight excluding hydrogens is 250 g/mol. The lowest BCUT2D eigenvalue weighted by Gasteiger charge is -2.29. The van der Waals surface area contributed by atoms with Crippen molar-refractivity contribution in [3.05, 3.63) is 24.3 Å². The largest absolute Gasteiger partial charge is 0.491 e. The Morgan fingerprint density at radius 1 is 1.25 bits per heavy atom.